The van der Waals surface area contributed by atoms with Crippen molar-refractivity contribution in [3.63, 3.8) is 0 Å². The summed E-state index contributed by atoms with van der Waals surface area (Å²) in [5.41, 5.74) is 3.73. The van der Waals surface area contributed by atoms with Crippen LogP contribution in [0.4, 0.5) is 5.69 Å². The average molecular weight is 428 g/mol. The summed E-state index contributed by atoms with van der Waals surface area (Å²) in [7, 11) is 0. The number of amides is 2. The molecule has 1 aromatic heterocycles. The van der Waals surface area contributed by atoms with Gasteiger partial charge in [0.25, 0.3) is 5.91 Å². The van der Waals surface area contributed by atoms with Gasteiger partial charge in [0.05, 0.1) is 24.2 Å². The molecule has 0 aliphatic carbocycles. The summed E-state index contributed by atoms with van der Waals surface area (Å²) >= 11 is 0. The minimum Gasteiger partial charge on any atom is -0.494 e. The van der Waals surface area contributed by atoms with Crippen LogP contribution in [-0.4, -0.2) is 34.5 Å². The highest BCUT2D eigenvalue weighted by Crippen LogP contribution is 2.22. The van der Waals surface area contributed by atoms with Crippen molar-refractivity contribution < 1.29 is 14.3 Å². The lowest BCUT2D eigenvalue weighted by Crippen LogP contribution is -2.32. The summed E-state index contributed by atoms with van der Waals surface area (Å²) in [4.78, 5) is 29.4. The second-order valence-corrected chi connectivity index (χ2v) is 7.22. The van der Waals surface area contributed by atoms with Crippen LogP contribution in [-0.2, 0) is 4.79 Å². The van der Waals surface area contributed by atoms with E-state index in [1.54, 1.807) is 36.4 Å². The molecule has 162 valence electrons. The fraction of sp³-hybridized carbons (Fsp3) is 0.160. The number of rotatable bonds is 7. The number of carbonyl (C=O) groups excluding carboxylic acids is 2. The molecule has 0 radical (unpaired) electrons. The van der Waals surface area contributed by atoms with E-state index in [4.69, 9.17) is 4.74 Å². The number of benzene rings is 3. The Kier molecular flexibility index (Phi) is 6.17. The lowest BCUT2D eigenvalue weighted by molar-refractivity contribution is -0.115. The van der Waals surface area contributed by atoms with E-state index in [1.807, 2.05) is 54.8 Å². The smallest absolute Gasteiger partial charge is 0.251 e. The van der Waals surface area contributed by atoms with Crippen molar-refractivity contribution in [1.82, 2.24) is 14.9 Å². The molecule has 2 amide bonds. The quantitative estimate of drug-likeness (QED) is 0.464. The van der Waals surface area contributed by atoms with E-state index in [1.165, 1.54) is 0 Å². The molecular weight excluding hydrogens is 404 g/mol. The Balaban J connectivity index is 1.41. The lowest BCUT2D eigenvalue weighted by atomic mass is 10.2. The average Bonchev–Trinajstić information content (AvgIpc) is 3.14. The maximum atomic E-state index is 12.6. The second kappa shape index (κ2) is 9.34. The van der Waals surface area contributed by atoms with E-state index in [0.29, 0.717) is 17.9 Å². The predicted molar refractivity (Wildman–Crippen MR) is 124 cm³/mol. The van der Waals surface area contributed by atoms with Crippen molar-refractivity contribution in [1.29, 1.82) is 0 Å². The standard InChI is InChI=1S/C25H24N4O3/c1-3-32-21-12-10-19(11-13-21)28-24(30)16-26-25(31)18-9-14-23-22(15-18)27-17(2)29(23)20-7-5-4-6-8-20/h4-15H,3,16H2,1-2H3,(H,26,31)(H,28,30). The third-order valence-corrected chi connectivity index (χ3v) is 4.96. The minimum atomic E-state index is -0.333. The largest absolute Gasteiger partial charge is 0.494 e. The van der Waals surface area contributed by atoms with Gasteiger partial charge >= 0.3 is 0 Å². The summed E-state index contributed by atoms with van der Waals surface area (Å²) < 4.78 is 7.42. The van der Waals surface area contributed by atoms with Crippen LogP contribution in [0.3, 0.4) is 0 Å². The second-order valence-electron chi connectivity index (χ2n) is 7.22. The summed E-state index contributed by atoms with van der Waals surface area (Å²) in [6.45, 7) is 4.28. The highest BCUT2D eigenvalue weighted by Gasteiger charge is 2.13. The zero-order valence-electron chi connectivity index (χ0n) is 18.0. The summed E-state index contributed by atoms with van der Waals surface area (Å²) in [6, 6.07) is 22.4. The van der Waals surface area contributed by atoms with E-state index < -0.39 is 0 Å². The van der Waals surface area contributed by atoms with Gasteiger partial charge in [-0.3, -0.25) is 14.2 Å². The maximum Gasteiger partial charge on any atom is 0.251 e. The number of nitrogens with one attached hydrogen (secondary N) is 2. The monoisotopic (exact) mass is 428 g/mol. The number of aryl methyl sites for hydroxylation is 1. The fourth-order valence-corrected chi connectivity index (χ4v) is 3.51. The van der Waals surface area contributed by atoms with Crippen molar-refractivity contribution in [2.24, 2.45) is 0 Å². The van der Waals surface area contributed by atoms with E-state index >= 15 is 0 Å². The Labute approximate surface area is 186 Å². The van der Waals surface area contributed by atoms with Crippen LogP contribution >= 0.6 is 0 Å². The van der Waals surface area contributed by atoms with Gasteiger partial charge in [-0.25, -0.2) is 4.98 Å². The van der Waals surface area contributed by atoms with E-state index in [2.05, 4.69) is 15.6 Å². The van der Waals surface area contributed by atoms with Crippen molar-refractivity contribution >= 4 is 28.5 Å². The van der Waals surface area contributed by atoms with Gasteiger partial charge in [0.1, 0.15) is 11.6 Å². The van der Waals surface area contributed by atoms with E-state index in [-0.39, 0.29) is 18.4 Å². The summed E-state index contributed by atoms with van der Waals surface area (Å²) in [6.07, 6.45) is 0. The van der Waals surface area contributed by atoms with Crippen molar-refractivity contribution in [2.75, 3.05) is 18.5 Å². The molecule has 4 rings (SSSR count). The first-order valence-electron chi connectivity index (χ1n) is 10.4. The lowest BCUT2D eigenvalue weighted by Gasteiger charge is -2.09. The number of imidazole rings is 1. The molecule has 0 saturated carbocycles. The number of ether oxygens (including phenoxy) is 1. The van der Waals surface area contributed by atoms with Crippen molar-refractivity contribution in [3.8, 4) is 11.4 Å². The molecule has 0 aliphatic heterocycles. The molecule has 0 atom stereocenters. The van der Waals surface area contributed by atoms with Crippen molar-refractivity contribution in [2.45, 2.75) is 13.8 Å². The third-order valence-electron chi connectivity index (χ3n) is 4.96. The highest BCUT2D eigenvalue weighted by atomic mass is 16.5. The van der Waals surface area contributed by atoms with Crippen LogP contribution in [0, 0.1) is 6.92 Å². The molecule has 2 N–H and O–H groups in total. The Morgan fingerprint density at radius 3 is 2.47 bits per heavy atom. The molecule has 7 heteroatoms. The SMILES string of the molecule is CCOc1ccc(NC(=O)CNC(=O)c2ccc3c(c2)nc(C)n3-c2ccccc2)cc1. The third kappa shape index (κ3) is 4.62. The zero-order valence-corrected chi connectivity index (χ0v) is 18.0. The number of hydrogen-bond acceptors (Lipinski definition) is 4. The molecule has 0 saturated heterocycles. The van der Waals surface area contributed by atoms with Crippen LogP contribution in [0.5, 0.6) is 5.75 Å². The van der Waals surface area contributed by atoms with Gasteiger partial charge in [-0.15, -0.1) is 0 Å². The first kappa shape index (κ1) is 21.1. The molecule has 0 spiro atoms. The normalized spacial score (nSPS) is 10.7. The van der Waals surface area contributed by atoms with Gasteiger partial charge in [-0.2, -0.15) is 0 Å². The zero-order chi connectivity index (χ0) is 22.5. The maximum absolute atomic E-state index is 12.6. The number of nitrogens with zero attached hydrogens (tertiary/aromatic N) is 2. The van der Waals surface area contributed by atoms with Crippen LogP contribution in [0.2, 0.25) is 0 Å². The first-order chi connectivity index (χ1) is 15.5. The number of hydrogen-bond donors (Lipinski definition) is 2. The number of aromatic nitrogens is 2. The van der Waals surface area contributed by atoms with Gasteiger partial charge in [0.2, 0.25) is 5.91 Å². The van der Waals surface area contributed by atoms with Crippen LogP contribution in [0.15, 0.2) is 72.8 Å². The molecule has 4 aromatic rings. The number of anilines is 1. The highest BCUT2D eigenvalue weighted by molar-refractivity contribution is 6.01. The topological polar surface area (TPSA) is 85.2 Å². The van der Waals surface area contributed by atoms with Crippen molar-refractivity contribution in [3.05, 3.63) is 84.2 Å². The van der Waals surface area contributed by atoms with Gasteiger partial charge in [0.15, 0.2) is 0 Å². The molecule has 32 heavy (non-hydrogen) atoms. The van der Waals surface area contributed by atoms with Crippen LogP contribution < -0.4 is 15.4 Å². The molecule has 1 heterocycles. The Hall–Kier alpha value is -4.13. The number of carbonyl (C=O) groups is 2. The van der Waals surface area contributed by atoms with E-state index in [0.717, 1.165) is 28.3 Å². The fourth-order valence-electron chi connectivity index (χ4n) is 3.51. The van der Waals surface area contributed by atoms with Gasteiger partial charge in [-0.1, -0.05) is 18.2 Å². The molecule has 0 aliphatic rings. The van der Waals surface area contributed by atoms with Gasteiger partial charge in [-0.05, 0) is 68.4 Å². The van der Waals surface area contributed by atoms with Crippen LogP contribution in [0.1, 0.15) is 23.1 Å². The molecular formula is C25H24N4O3. The summed E-state index contributed by atoms with van der Waals surface area (Å²) in [5, 5.41) is 5.41. The number of para-hydroxylation sites is 1. The first-order valence-corrected chi connectivity index (χ1v) is 10.4. The molecule has 3 aromatic carbocycles. The van der Waals surface area contributed by atoms with Crippen LogP contribution in [0.25, 0.3) is 16.7 Å². The Bertz CT molecular complexity index is 1250. The minimum absolute atomic E-state index is 0.137. The van der Waals surface area contributed by atoms with Gasteiger partial charge in [0, 0.05) is 16.9 Å². The predicted octanol–water partition coefficient (Wildman–Crippen LogP) is 4.10. The Morgan fingerprint density at radius 1 is 1.00 bits per heavy atom. The Morgan fingerprint density at radius 2 is 1.75 bits per heavy atom. The molecule has 7 nitrogen and oxygen atoms in total. The molecule has 0 fully saturated rings. The number of fused-ring (bicyclic) bond motifs is 1. The van der Waals surface area contributed by atoms with E-state index in [9.17, 15) is 9.59 Å². The summed E-state index contributed by atoms with van der Waals surface area (Å²) in [5.74, 6) is 0.922. The molecule has 0 unspecified atom stereocenters. The van der Waals surface area contributed by atoms with Gasteiger partial charge < -0.3 is 15.4 Å². The molecule has 0 bridgehead atoms.